The topological polar surface area (TPSA) is 21.3 Å². The van der Waals surface area contributed by atoms with Crippen LogP contribution in [0.4, 0.5) is 0 Å². The van der Waals surface area contributed by atoms with E-state index >= 15 is 0 Å². The van der Waals surface area contributed by atoms with Gasteiger partial charge in [0, 0.05) is 12.6 Å². The number of hydrogen-bond donors (Lipinski definition) is 1. The molecular weight excluding hydrogens is 234 g/mol. The minimum absolute atomic E-state index is 0.178. The van der Waals surface area contributed by atoms with Gasteiger partial charge < -0.3 is 10.1 Å². The lowest BCUT2D eigenvalue weighted by molar-refractivity contribution is -0.110. The van der Waals surface area contributed by atoms with Crippen LogP contribution in [-0.4, -0.2) is 25.3 Å². The van der Waals surface area contributed by atoms with Crippen LogP contribution in [0.25, 0.3) is 0 Å². The van der Waals surface area contributed by atoms with Gasteiger partial charge in [0.1, 0.15) is 0 Å². The summed E-state index contributed by atoms with van der Waals surface area (Å²) < 4.78 is 6.18. The Balaban J connectivity index is 1.63. The SMILES string of the molecule is CNC1CCOC2(CCC(c3ccccc3)CC2)C1. The third-order valence-electron chi connectivity index (χ3n) is 5.07. The van der Waals surface area contributed by atoms with Gasteiger partial charge in [-0.05, 0) is 57.1 Å². The Hall–Kier alpha value is -0.860. The van der Waals surface area contributed by atoms with Crippen molar-refractivity contribution < 1.29 is 4.74 Å². The maximum Gasteiger partial charge on any atom is 0.0697 e. The zero-order valence-corrected chi connectivity index (χ0v) is 11.9. The molecule has 3 rings (SSSR count). The number of hydrogen-bond acceptors (Lipinski definition) is 2. The molecule has 1 atom stereocenters. The van der Waals surface area contributed by atoms with Crippen molar-refractivity contribution in [2.24, 2.45) is 0 Å². The van der Waals surface area contributed by atoms with Gasteiger partial charge in [-0.1, -0.05) is 30.3 Å². The summed E-state index contributed by atoms with van der Waals surface area (Å²) in [6.45, 7) is 0.932. The van der Waals surface area contributed by atoms with E-state index in [0.717, 1.165) is 12.5 Å². The number of nitrogens with one attached hydrogen (secondary N) is 1. The molecule has 1 spiro atoms. The molecule has 1 saturated carbocycles. The molecule has 2 aliphatic rings. The first-order chi connectivity index (χ1) is 9.31. The second-order valence-electron chi connectivity index (χ2n) is 6.19. The molecule has 0 bridgehead atoms. The number of benzene rings is 1. The fraction of sp³-hybridized carbons (Fsp3) is 0.647. The Morgan fingerprint density at radius 1 is 1.11 bits per heavy atom. The molecule has 1 aliphatic heterocycles. The summed E-state index contributed by atoms with van der Waals surface area (Å²) in [5.74, 6) is 0.741. The predicted molar refractivity (Wildman–Crippen MR) is 78.4 cm³/mol. The van der Waals surface area contributed by atoms with E-state index < -0.39 is 0 Å². The molecular formula is C17H25NO. The number of ether oxygens (including phenoxy) is 1. The molecule has 0 amide bonds. The summed E-state index contributed by atoms with van der Waals surface area (Å²) in [4.78, 5) is 0. The van der Waals surface area contributed by atoms with E-state index in [-0.39, 0.29) is 5.60 Å². The third kappa shape index (κ3) is 2.85. The summed E-state index contributed by atoms with van der Waals surface area (Å²) in [6, 6.07) is 11.6. The van der Waals surface area contributed by atoms with Crippen LogP contribution in [0.2, 0.25) is 0 Å². The highest BCUT2D eigenvalue weighted by molar-refractivity contribution is 5.20. The van der Waals surface area contributed by atoms with Gasteiger partial charge in [0.15, 0.2) is 0 Å². The van der Waals surface area contributed by atoms with Crippen molar-refractivity contribution in [3.05, 3.63) is 35.9 Å². The zero-order chi connectivity index (χ0) is 13.1. The Morgan fingerprint density at radius 3 is 2.53 bits per heavy atom. The predicted octanol–water partition coefficient (Wildman–Crippen LogP) is 3.48. The molecule has 2 fully saturated rings. The fourth-order valence-corrected chi connectivity index (χ4v) is 3.83. The average molecular weight is 259 g/mol. The van der Waals surface area contributed by atoms with Crippen molar-refractivity contribution in [1.82, 2.24) is 5.32 Å². The largest absolute Gasteiger partial charge is 0.375 e. The van der Waals surface area contributed by atoms with Crippen molar-refractivity contribution >= 4 is 0 Å². The second kappa shape index (κ2) is 5.64. The van der Waals surface area contributed by atoms with Crippen LogP contribution in [0.5, 0.6) is 0 Å². The van der Waals surface area contributed by atoms with Gasteiger partial charge >= 0.3 is 0 Å². The molecule has 1 N–H and O–H groups in total. The van der Waals surface area contributed by atoms with Crippen molar-refractivity contribution in [2.75, 3.05) is 13.7 Å². The van der Waals surface area contributed by atoms with E-state index in [1.807, 2.05) is 0 Å². The highest BCUT2D eigenvalue weighted by Gasteiger charge is 2.40. The standard InChI is InChI=1S/C17H25NO/c1-18-16-9-12-19-17(13-16)10-7-15(8-11-17)14-5-3-2-4-6-14/h2-6,15-16,18H,7-13H2,1H3. The smallest absolute Gasteiger partial charge is 0.0697 e. The molecule has 1 aromatic carbocycles. The van der Waals surface area contributed by atoms with Crippen molar-refractivity contribution in [2.45, 2.75) is 56.1 Å². The van der Waals surface area contributed by atoms with Gasteiger partial charge in [-0.3, -0.25) is 0 Å². The Labute approximate surface area is 116 Å². The molecule has 1 aliphatic carbocycles. The van der Waals surface area contributed by atoms with Crippen molar-refractivity contribution in [3.8, 4) is 0 Å². The van der Waals surface area contributed by atoms with Crippen LogP contribution in [0, 0.1) is 0 Å². The maximum atomic E-state index is 6.18. The summed E-state index contributed by atoms with van der Waals surface area (Å²) >= 11 is 0. The van der Waals surface area contributed by atoms with Gasteiger partial charge in [-0.25, -0.2) is 0 Å². The minimum Gasteiger partial charge on any atom is -0.375 e. The van der Waals surface area contributed by atoms with E-state index in [9.17, 15) is 0 Å². The molecule has 2 nitrogen and oxygen atoms in total. The fourth-order valence-electron chi connectivity index (χ4n) is 3.83. The van der Waals surface area contributed by atoms with E-state index in [4.69, 9.17) is 4.74 Å². The molecule has 1 saturated heterocycles. The summed E-state index contributed by atoms with van der Waals surface area (Å²) in [5.41, 5.74) is 1.69. The van der Waals surface area contributed by atoms with E-state index in [0.29, 0.717) is 6.04 Å². The van der Waals surface area contributed by atoms with Crippen LogP contribution in [0.3, 0.4) is 0 Å². The average Bonchev–Trinajstić information content (AvgIpc) is 2.49. The van der Waals surface area contributed by atoms with Crippen LogP contribution >= 0.6 is 0 Å². The molecule has 1 unspecified atom stereocenters. The molecule has 0 aromatic heterocycles. The molecule has 104 valence electrons. The van der Waals surface area contributed by atoms with Crippen molar-refractivity contribution in [3.63, 3.8) is 0 Å². The van der Waals surface area contributed by atoms with Crippen LogP contribution in [0.15, 0.2) is 30.3 Å². The Bertz CT molecular complexity index is 395. The van der Waals surface area contributed by atoms with Gasteiger partial charge in [-0.15, -0.1) is 0 Å². The third-order valence-corrected chi connectivity index (χ3v) is 5.07. The lowest BCUT2D eigenvalue weighted by Crippen LogP contribution is -2.47. The lowest BCUT2D eigenvalue weighted by Gasteiger charge is -2.45. The molecule has 19 heavy (non-hydrogen) atoms. The van der Waals surface area contributed by atoms with Gasteiger partial charge in [-0.2, -0.15) is 0 Å². The van der Waals surface area contributed by atoms with E-state index in [2.05, 4.69) is 42.7 Å². The first kappa shape index (κ1) is 13.1. The summed E-state index contributed by atoms with van der Waals surface area (Å²) in [5, 5.41) is 3.44. The molecule has 1 heterocycles. The summed E-state index contributed by atoms with van der Waals surface area (Å²) in [7, 11) is 2.08. The number of rotatable bonds is 2. The zero-order valence-electron chi connectivity index (χ0n) is 11.9. The van der Waals surface area contributed by atoms with E-state index in [1.54, 1.807) is 0 Å². The van der Waals surface area contributed by atoms with Crippen LogP contribution in [-0.2, 0) is 4.74 Å². The minimum atomic E-state index is 0.178. The van der Waals surface area contributed by atoms with Crippen LogP contribution in [0.1, 0.15) is 50.0 Å². The first-order valence-electron chi connectivity index (χ1n) is 7.67. The highest BCUT2D eigenvalue weighted by Crippen LogP contribution is 2.43. The highest BCUT2D eigenvalue weighted by atomic mass is 16.5. The maximum absolute atomic E-state index is 6.18. The monoisotopic (exact) mass is 259 g/mol. The van der Waals surface area contributed by atoms with E-state index in [1.165, 1.54) is 44.1 Å². The Kier molecular flexibility index (Phi) is 3.90. The Morgan fingerprint density at radius 2 is 1.84 bits per heavy atom. The second-order valence-corrected chi connectivity index (χ2v) is 6.19. The first-order valence-corrected chi connectivity index (χ1v) is 7.67. The normalized spacial score (nSPS) is 35.4. The van der Waals surface area contributed by atoms with Gasteiger partial charge in [0.05, 0.1) is 5.60 Å². The molecule has 0 radical (unpaired) electrons. The van der Waals surface area contributed by atoms with Crippen LogP contribution < -0.4 is 5.32 Å². The van der Waals surface area contributed by atoms with Gasteiger partial charge in [0.25, 0.3) is 0 Å². The van der Waals surface area contributed by atoms with Gasteiger partial charge in [0.2, 0.25) is 0 Å². The lowest BCUT2D eigenvalue weighted by atomic mass is 9.72. The molecule has 1 aromatic rings. The van der Waals surface area contributed by atoms with Crippen molar-refractivity contribution in [1.29, 1.82) is 0 Å². The quantitative estimate of drug-likeness (QED) is 0.878. The molecule has 2 heteroatoms. The summed E-state index contributed by atoms with van der Waals surface area (Å²) in [6.07, 6.45) is 7.38.